The van der Waals surface area contributed by atoms with Gasteiger partial charge in [0.25, 0.3) is 11.8 Å². The first kappa shape index (κ1) is 18.5. The molecule has 30 heavy (non-hydrogen) atoms. The lowest BCUT2D eigenvalue weighted by Crippen LogP contribution is -2.28. The molecular formula is C23H20N2O5. The summed E-state index contributed by atoms with van der Waals surface area (Å²) in [5.74, 6) is -0.0230. The van der Waals surface area contributed by atoms with E-state index in [1.807, 2.05) is 0 Å². The summed E-state index contributed by atoms with van der Waals surface area (Å²) in [6.07, 6.45) is 6.38. The molecule has 7 nitrogen and oxygen atoms in total. The Bertz CT molecular complexity index is 1050. The molecule has 7 heteroatoms. The molecule has 4 atom stereocenters. The van der Waals surface area contributed by atoms with Crippen molar-refractivity contribution >= 4 is 24.0 Å². The van der Waals surface area contributed by atoms with Crippen molar-refractivity contribution in [1.82, 2.24) is 5.01 Å². The molecule has 0 radical (unpaired) electrons. The van der Waals surface area contributed by atoms with Crippen molar-refractivity contribution in [2.45, 2.75) is 13.3 Å². The van der Waals surface area contributed by atoms with E-state index in [0.29, 0.717) is 23.7 Å². The van der Waals surface area contributed by atoms with Crippen LogP contribution in [0.2, 0.25) is 0 Å². The Hall–Kier alpha value is -3.48. The molecule has 2 aromatic rings. The molecule has 152 valence electrons. The van der Waals surface area contributed by atoms with E-state index in [1.54, 1.807) is 43.3 Å². The van der Waals surface area contributed by atoms with Gasteiger partial charge in [-0.15, -0.1) is 0 Å². The van der Waals surface area contributed by atoms with Gasteiger partial charge in [0.15, 0.2) is 0 Å². The zero-order valence-corrected chi connectivity index (χ0v) is 16.4. The van der Waals surface area contributed by atoms with Gasteiger partial charge in [0.1, 0.15) is 11.5 Å². The number of esters is 1. The number of carbonyl (C=O) groups excluding carboxylic acids is 3. The molecule has 0 N–H and O–H groups in total. The molecule has 2 aliphatic carbocycles. The number of fused-ring (bicyclic) bond motifs is 5. The number of rotatable bonds is 5. The SMILES string of the molecule is CCOC(=O)c1ccc(-c2ccc(C=NN3C(=O)[C@@H]4[C@H](C3=O)[C@H]3C=C[C@H]4C3)o2)cc1. The van der Waals surface area contributed by atoms with Crippen LogP contribution < -0.4 is 0 Å². The summed E-state index contributed by atoms with van der Waals surface area (Å²) in [5.41, 5.74) is 1.25. The zero-order valence-electron chi connectivity index (χ0n) is 16.4. The van der Waals surface area contributed by atoms with Crippen molar-refractivity contribution in [2.75, 3.05) is 6.61 Å². The number of hydrogen-bond acceptors (Lipinski definition) is 6. The Morgan fingerprint density at radius 3 is 2.40 bits per heavy atom. The van der Waals surface area contributed by atoms with E-state index in [4.69, 9.17) is 9.15 Å². The number of nitrogens with zero attached hydrogens (tertiary/aromatic N) is 2. The first-order valence-corrected chi connectivity index (χ1v) is 10.0. The van der Waals surface area contributed by atoms with Crippen LogP contribution in [-0.4, -0.2) is 35.6 Å². The number of allylic oxidation sites excluding steroid dienone is 2. The Morgan fingerprint density at radius 2 is 1.77 bits per heavy atom. The Balaban J connectivity index is 1.30. The van der Waals surface area contributed by atoms with Crippen LogP contribution in [0.15, 0.2) is 58.1 Å². The molecule has 0 spiro atoms. The fourth-order valence-corrected chi connectivity index (χ4v) is 4.68. The molecule has 2 fully saturated rings. The van der Waals surface area contributed by atoms with Crippen LogP contribution in [0.3, 0.4) is 0 Å². The van der Waals surface area contributed by atoms with Crippen LogP contribution in [0, 0.1) is 23.7 Å². The molecule has 2 heterocycles. The largest absolute Gasteiger partial charge is 0.462 e. The van der Waals surface area contributed by atoms with Crippen molar-refractivity contribution in [2.24, 2.45) is 28.8 Å². The van der Waals surface area contributed by atoms with E-state index in [-0.39, 0.29) is 41.5 Å². The number of benzene rings is 1. The minimum atomic E-state index is -0.371. The molecule has 1 saturated heterocycles. The van der Waals surface area contributed by atoms with Gasteiger partial charge < -0.3 is 9.15 Å². The number of carbonyl (C=O) groups is 3. The highest BCUT2D eigenvalue weighted by atomic mass is 16.5. The van der Waals surface area contributed by atoms with Gasteiger partial charge in [0, 0.05) is 5.56 Å². The molecule has 1 aromatic heterocycles. The molecule has 2 bridgehead atoms. The minimum Gasteiger partial charge on any atom is -0.462 e. The van der Waals surface area contributed by atoms with Crippen molar-refractivity contribution in [3.05, 3.63) is 59.9 Å². The summed E-state index contributed by atoms with van der Waals surface area (Å²) < 4.78 is 10.7. The number of imide groups is 1. The lowest BCUT2D eigenvalue weighted by atomic mass is 9.85. The molecule has 5 rings (SSSR count). The maximum atomic E-state index is 12.7. The third-order valence-corrected chi connectivity index (χ3v) is 6.05. The topological polar surface area (TPSA) is 89.2 Å². The van der Waals surface area contributed by atoms with Gasteiger partial charge in [0.2, 0.25) is 0 Å². The second-order valence-corrected chi connectivity index (χ2v) is 7.73. The summed E-state index contributed by atoms with van der Waals surface area (Å²) in [6, 6.07) is 10.4. The molecule has 2 amide bonds. The molecule has 1 aliphatic heterocycles. The second kappa shape index (κ2) is 7.09. The molecule has 1 aromatic carbocycles. The van der Waals surface area contributed by atoms with E-state index < -0.39 is 0 Å². The van der Waals surface area contributed by atoms with Crippen LogP contribution in [0.5, 0.6) is 0 Å². The third kappa shape index (κ3) is 2.89. The summed E-state index contributed by atoms with van der Waals surface area (Å²) in [5, 5.41) is 5.12. The van der Waals surface area contributed by atoms with Crippen LogP contribution in [0.25, 0.3) is 11.3 Å². The van der Waals surface area contributed by atoms with Crippen LogP contribution in [0.1, 0.15) is 29.5 Å². The Kier molecular flexibility index (Phi) is 4.38. The van der Waals surface area contributed by atoms with E-state index in [1.165, 1.54) is 6.21 Å². The maximum Gasteiger partial charge on any atom is 0.338 e. The first-order valence-electron chi connectivity index (χ1n) is 10.0. The van der Waals surface area contributed by atoms with Gasteiger partial charge in [-0.05, 0) is 49.4 Å². The zero-order chi connectivity index (χ0) is 20.8. The highest BCUT2D eigenvalue weighted by Crippen LogP contribution is 2.52. The van der Waals surface area contributed by atoms with E-state index in [0.717, 1.165) is 17.0 Å². The normalized spacial score (nSPS) is 26.8. The fraction of sp³-hybridized carbons (Fsp3) is 0.304. The van der Waals surface area contributed by atoms with E-state index in [2.05, 4.69) is 17.3 Å². The van der Waals surface area contributed by atoms with Crippen molar-refractivity contribution in [3.8, 4) is 11.3 Å². The van der Waals surface area contributed by atoms with E-state index in [9.17, 15) is 14.4 Å². The quantitative estimate of drug-likeness (QED) is 0.330. The molecule has 0 unspecified atom stereocenters. The van der Waals surface area contributed by atoms with Crippen molar-refractivity contribution in [1.29, 1.82) is 0 Å². The van der Waals surface area contributed by atoms with E-state index >= 15 is 0 Å². The van der Waals surface area contributed by atoms with Crippen molar-refractivity contribution < 1.29 is 23.5 Å². The molecule has 3 aliphatic rings. The summed E-state index contributed by atoms with van der Waals surface area (Å²) in [4.78, 5) is 37.1. The van der Waals surface area contributed by atoms with Crippen LogP contribution in [-0.2, 0) is 14.3 Å². The minimum absolute atomic E-state index is 0.157. The first-order chi connectivity index (χ1) is 14.6. The maximum absolute atomic E-state index is 12.7. The van der Waals surface area contributed by atoms with Gasteiger partial charge in [-0.2, -0.15) is 10.1 Å². The summed E-state index contributed by atoms with van der Waals surface area (Å²) in [7, 11) is 0. The number of hydrogen-bond donors (Lipinski definition) is 0. The standard InChI is InChI=1S/C23H20N2O5/c1-2-29-23(28)14-5-3-13(4-6-14)18-10-9-17(30-18)12-24-25-21(26)19-15-7-8-16(11-15)20(19)22(25)27/h3-10,12,15-16,19-20H,2,11H2,1H3/t15-,16-,19-,20+/m0/s1. The third-order valence-electron chi connectivity index (χ3n) is 6.05. The average molecular weight is 404 g/mol. The van der Waals surface area contributed by atoms with Gasteiger partial charge >= 0.3 is 5.97 Å². The highest BCUT2D eigenvalue weighted by Gasteiger charge is 2.59. The summed E-state index contributed by atoms with van der Waals surface area (Å²) in [6.45, 7) is 2.08. The lowest BCUT2D eigenvalue weighted by Gasteiger charge is -2.13. The van der Waals surface area contributed by atoms with Crippen molar-refractivity contribution in [3.63, 3.8) is 0 Å². The molecular weight excluding hydrogens is 384 g/mol. The fourth-order valence-electron chi connectivity index (χ4n) is 4.68. The highest BCUT2D eigenvalue weighted by molar-refractivity contribution is 6.06. The van der Waals surface area contributed by atoms with Crippen LogP contribution in [0.4, 0.5) is 0 Å². The van der Waals surface area contributed by atoms with Gasteiger partial charge in [-0.25, -0.2) is 4.79 Å². The van der Waals surface area contributed by atoms with Crippen LogP contribution >= 0.6 is 0 Å². The average Bonchev–Trinajstić information content (AvgIpc) is 3.52. The number of hydrazone groups is 1. The molecule has 1 saturated carbocycles. The number of furan rings is 1. The lowest BCUT2D eigenvalue weighted by molar-refractivity contribution is -0.140. The number of ether oxygens (including phenoxy) is 1. The smallest absolute Gasteiger partial charge is 0.338 e. The Morgan fingerprint density at radius 1 is 1.10 bits per heavy atom. The van der Waals surface area contributed by atoms with Gasteiger partial charge in [0.05, 0.1) is 30.2 Å². The second-order valence-electron chi connectivity index (χ2n) is 7.73. The monoisotopic (exact) mass is 404 g/mol. The van der Waals surface area contributed by atoms with Gasteiger partial charge in [-0.3, -0.25) is 9.59 Å². The predicted molar refractivity (Wildman–Crippen MR) is 107 cm³/mol. The summed E-state index contributed by atoms with van der Waals surface area (Å²) >= 11 is 0. The Labute approximate surface area is 173 Å². The number of amides is 2. The van der Waals surface area contributed by atoms with Gasteiger partial charge in [-0.1, -0.05) is 24.3 Å². The predicted octanol–water partition coefficient (Wildman–Crippen LogP) is 3.26.